The third-order valence-corrected chi connectivity index (χ3v) is 16.8. The number of carbonyl (C=O) groups excluding carboxylic acids is 3. The number of piperidine rings is 2. The summed E-state index contributed by atoms with van der Waals surface area (Å²) in [6, 6.07) is 12.4. The van der Waals surface area contributed by atoms with Gasteiger partial charge in [0.1, 0.15) is 35.4 Å². The van der Waals surface area contributed by atoms with Crippen LogP contribution in [0, 0.1) is 28.1 Å². The topological polar surface area (TPSA) is 203 Å². The van der Waals surface area contributed by atoms with Crippen LogP contribution in [-0.2, 0) is 9.53 Å². The molecule has 3 N–H and O–H groups in total. The SMILES string of the molecule is CC[C@@H]1C(=O)N(C)c2cnc(Nc3ccc(C(=O)NC4CCN(CCOCCC5CCN(c6ncc(C(=O)NC7C(C)(C)C(Oc8ccc(C#N)c(Cl)c8)C7(C)C)cn6)CC5)CC4)cc3OC)nc2N1C1CCCC1. The zero-order valence-electron chi connectivity index (χ0n) is 44.5. The van der Waals surface area contributed by atoms with Crippen LogP contribution in [0.1, 0.15) is 125 Å². The molecular formula is C56H73ClN12O6. The van der Waals surface area contributed by atoms with E-state index in [4.69, 9.17) is 30.8 Å². The highest BCUT2D eigenvalue weighted by Gasteiger charge is 2.64. The van der Waals surface area contributed by atoms with Crippen molar-refractivity contribution >= 4 is 58.4 Å². The fraction of sp³-hybridized carbons (Fsp3) is 0.571. The van der Waals surface area contributed by atoms with E-state index in [-0.39, 0.29) is 58.8 Å². The largest absolute Gasteiger partial charge is 0.495 e. The number of hydrogen-bond acceptors (Lipinski definition) is 15. The minimum atomic E-state index is -0.383. The van der Waals surface area contributed by atoms with Crippen molar-refractivity contribution in [2.75, 3.05) is 80.1 Å². The fourth-order valence-corrected chi connectivity index (χ4v) is 12.7. The van der Waals surface area contributed by atoms with Crippen molar-refractivity contribution in [2.45, 2.75) is 129 Å². The van der Waals surface area contributed by atoms with Gasteiger partial charge in [-0.3, -0.25) is 14.4 Å². The second kappa shape index (κ2) is 22.9. The van der Waals surface area contributed by atoms with Crippen molar-refractivity contribution < 1.29 is 28.6 Å². The summed E-state index contributed by atoms with van der Waals surface area (Å²) in [4.78, 5) is 67.5. The molecule has 2 saturated heterocycles. The van der Waals surface area contributed by atoms with Crippen molar-refractivity contribution in [1.82, 2.24) is 35.5 Å². The first-order chi connectivity index (χ1) is 36.1. The number of ether oxygens (including phenoxy) is 3. The van der Waals surface area contributed by atoms with E-state index in [0.717, 1.165) is 103 Å². The van der Waals surface area contributed by atoms with E-state index in [1.54, 1.807) is 68.0 Å². The van der Waals surface area contributed by atoms with E-state index in [9.17, 15) is 19.6 Å². The van der Waals surface area contributed by atoms with Gasteiger partial charge in [-0.15, -0.1) is 0 Å². The van der Waals surface area contributed by atoms with Crippen LogP contribution < -0.4 is 40.1 Å². The summed E-state index contributed by atoms with van der Waals surface area (Å²) in [7, 11) is 3.38. The second-order valence-electron chi connectivity index (χ2n) is 22.1. The summed E-state index contributed by atoms with van der Waals surface area (Å²) >= 11 is 6.26. The normalized spacial score (nSPS) is 22.0. The van der Waals surface area contributed by atoms with E-state index >= 15 is 0 Å². The van der Waals surface area contributed by atoms with Gasteiger partial charge in [0.2, 0.25) is 17.8 Å². The Balaban J connectivity index is 0.659. The second-order valence-corrected chi connectivity index (χ2v) is 22.5. The molecule has 4 fully saturated rings. The molecule has 2 aromatic heterocycles. The molecule has 2 saturated carbocycles. The number of benzene rings is 2. The van der Waals surface area contributed by atoms with Gasteiger partial charge in [-0.25, -0.2) is 15.0 Å². The predicted molar refractivity (Wildman–Crippen MR) is 289 cm³/mol. The Morgan fingerprint density at radius 1 is 0.867 bits per heavy atom. The Bertz CT molecular complexity index is 2720. The Morgan fingerprint density at radius 3 is 2.24 bits per heavy atom. The van der Waals surface area contributed by atoms with Crippen LogP contribution in [-0.4, -0.2) is 133 Å². The fourth-order valence-electron chi connectivity index (χ4n) is 12.4. The number of amides is 3. The molecule has 18 nitrogen and oxygen atoms in total. The van der Waals surface area contributed by atoms with Gasteiger partial charge in [0.15, 0.2) is 5.82 Å². The van der Waals surface area contributed by atoms with Crippen molar-refractivity contribution in [1.29, 1.82) is 5.26 Å². The third-order valence-electron chi connectivity index (χ3n) is 16.5. The molecule has 400 valence electrons. The van der Waals surface area contributed by atoms with Gasteiger partial charge in [-0.2, -0.15) is 10.2 Å². The minimum absolute atomic E-state index is 0.0726. The molecule has 19 heteroatoms. The van der Waals surface area contributed by atoms with Gasteiger partial charge in [-0.1, -0.05) is 59.1 Å². The molecule has 2 aromatic carbocycles. The molecule has 4 aromatic rings. The zero-order chi connectivity index (χ0) is 53.0. The van der Waals surface area contributed by atoms with Gasteiger partial charge in [0.05, 0.1) is 41.8 Å². The van der Waals surface area contributed by atoms with Gasteiger partial charge in [0, 0.05) is 99.4 Å². The molecule has 0 unspecified atom stereocenters. The number of likely N-dealkylation sites (N-methyl/N-ethyl adjacent to an activating group) is 1. The first-order valence-corrected chi connectivity index (χ1v) is 27.2. The summed E-state index contributed by atoms with van der Waals surface area (Å²) in [5.74, 6) is 3.17. The van der Waals surface area contributed by atoms with E-state index in [2.05, 4.69) is 86.3 Å². The molecule has 0 bridgehead atoms. The van der Waals surface area contributed by atoms with Crippen LogP contribution in [0.5, 0.6) is 11.5 Å². The lowest BCUT2D eigenvalue weighted by Gasteiger charge is -2.63. The Hall–Kier alpha value is -6.29. The number of nitriles is 1. The highest BCUT2D eigenvalue weighted by atomic mass is 35.5. The van der Waals surface area contributed by atoms with Crippen LogP contribution in [0.3, 0.4) is 0 Å². The van der Waals surface area contributed by atoms with Crippen molar-refractivity contribution in [3.63, 3.8) is 0 Å². The number of likely N-dealkylation sites (tertiary alicyclic amines) is 1. The van der Waals surface area contributed by atoms with Gasteiger partial charge in [-0.05, 0) is 87.6 Å². The zero-order valence-corrected chi connectivity index (χ0v) is 45.3. The van der Waals surface area contributed by atoms with Gasteiger partial charge < -0.3 is 49.8 Å². The minimum Gasteiger partial charge on any atom is -0.495 e. The van der Waals surface area contributed by atoms with E-state index < -0.39 is 0 Å². The predicted octanol–water partition coefficient (Wildman–Crippen LogP) is 8.18. The summed E-state index contributed by atoms with van der Waals surface area (Å²) < 4.78 is 18.3. The molecule has 0 radical (unpaired) electrons. The lowest BCUT2D eigenvalue weighted by atomic mass is 9.49. The number of hydrogen-bond donors (Lipinski definition) is 3. The van der Waals surface area contributed by atoms with Gasteiger partial charge in [0.25, 0.3) is 11.8 Å². The van der Waals surface area contributed by atoms with Crippen molar-refractivity contribution in [3.05, 3.63) is 76.7 Å². The van der Waals surface area contributed by atoms with E-state index in [1.807, 2.05) is 6.07 Å². The van der Waals surface area contributed by atoms with Crippen LogP contribution in [0.4, 0.5) is 29.1 Å². The molecule has 3 amide bonds. The Morgan fingerprint density at radius 2 is 1.57 bits per heavy atom. The van der Waals surface area contributed by atoms with Crippen molar-refractivity contribution in [2.24, 2.45) is 16.7 Å². The maximum atomic E-state index is 13.5. The maximum Gasteiger partial charge on any atom is 0.254 e. The number of rotatable bonds is 18. The molecule has 9 rings (SSSR count). The smallest absolute Gasteiger partial charge is 0.254 e. The summed E-state index contributed by atoms with van der Waals surface area (Å²) in [6.45, 7) is 16.1. The highest BCUT2D eigenvalue weighted by Crippen LogP contribution is 2.56. The molecule has 75 heavy (non-hydrogen) atoms. The standard InChI is InChI=1S/C56H73ClN12O6/c1-8-44-50(72)66(6)45-34-59-53(64-47(45)69(44)40-11-9-10-12-40)63-43-16-14-36(29-46(43)73-7)48(70)62-39-19-22-67(23-20-39)26-28-74-27-21-35-17-24-68(25-18-35)54-60-32-38(33-61-54)49(71)65-51-55(2,3)52(56(51,4)5)75-41-15-13-37(31-58)42(57)30-41/h13-16,29-30,32-35,39-40,44,51-52H,8-12,17-28H2,1-7H3,(H,62,70)(H,65,71)(H,59,63,64)/t44-,51?,52?/m1/s1. The quantitative estimate of drug-likeness (QED) is 0.0805. The first-order valence-electron chi connectivity index (χ1n) is 26.8. The average molecular weight is 1050 g/mol. The number of nitrogens with zero attached hydrogens (tertiary/aromatic N) is 9. The lowest BCUT2D eigenvalue weighted by molar-refractivity contribution is -0.164. The summed E-state index contributed by atoms with van der Waals surface area (Å²) in [5, 5.41) is 19.4. The summed E-state index contributed by atoms with van der Waals surface area (Å²) in [6.07, 6.45) is 14.6. The molecule has 5 aliphatic rings. The molecule has 0 spiro atoms. The van der Waals surface area contributed by atoms with E-state index in [0.29, 0.717) is 75.4 Å². The molecule has 5 heterocycles. The maximum absolute atomic E-state index is 13.5. The van der Waals surface area contributed by atoms with Crippen LogP contribution in [0.25, 0.3) is 0 Å². The number of aromatic nitrogens is 4. The highest BCUT2D eigenvalue weighted by molar-refractivity contribution is 6.31. The Labute approximate surface area is 446 Å². The number of nitrogens with one attached hydrogen (secondary N) is 3. The number of anilines is 5. The number of halogens is 1. The van der Waals surface area contributed by atoms with Crippen LogP contribution in [0.15, 0.2) is 55.0 Å². The van der Waals surface area contributed by atoms with Crippen molar-refractivity contribution in [3.8, 4) is 17.6 Å². The number of carbonyl (C=O) groups is 3. The average Bonchev–Trinajstić information content (AvgIpc) is 3.96. The molecule has 3 aliphatic heterocycles. The Kier molecular flexibility index (Phi) is 16.3. The molecular weight excluding hydrogens is 972 g/mol. The third kappa shape index (κ3) is 11.5. The molecule has 2 aliphatic carbocycles. The first kappa shape index (κ1) is 53.5. The monoisotopic (exact) mass is 1040 g/mol. The lowest BCUT2D eigenvalue weighted by Crippen LogP contribution is -2.74. The van der Waals surface area contributed by atoms with Crippen LogP contribution in [0.2, 0.25) is 5.02 Å². The van der Waals surface area contributed by atoms with E-state index in [1.165, 1.54) is 0 Å². The number of fused-ring (bicyclic) bond motifs is 1. The van der Waals surface area contributed by atoms with Crippen LogP contribution >= 0.6 is 11.6 Å². The number of methoxy groups -OCH3 is 1. The van der Waals surface area contributed by atoms with Gasteiger partial charge >= 0.3 is 0 Å². The summed E-state index contributed by atoms with van der Waals surface area (Å²) in [5.41, 5.74) is 1.90. The molecule has 1 atom stereocenters.